The summed E-state index contributed by atoms with van der Waals surface area (Å²) in [4.78, 5) is -0.557. The van der Waals surface area contributed by atoms with E-state index in [9.17, 15) is 16.8 Å². The summed E-state index contributed by atoms with van der Waals surface area (Å²) in [6, 6.07) is 20.5. The number of benzene rings is 4. The Morgan fingerprint density at radius 3 is 1.94 bits per heavy atom. The van der Waals surface area contributed by atoms with Crippen LogP contribution in [0.25, 0.3) is 10.8 Å². The van der Waals surface area contributed by atoms with Gasteiger partial charge >= 0.3 is 0 Å². The SMILES string of the molecule is O=S1(=O)c2ccccc2S(=O)(=O)N1c1ccc(Oc2ccc3ccccc3c2Cl)c(Cl)c1. The van der Waals surface area contributed by atoms with E-state index in [0.717, 1.165) is 10.8 Å². The van der Waals surface area contributed by atoms with Crippen LogP contribution in [-0.4, -0.2) is 16.8 Å². The van der Waals surface area contributed by atoms with Crippen molar-refractivity contribution in [3.63, 3.8) is 0 Å². The lowest BCUT2D eigenvalue weighted by molar-refractivity contribution is 0.484. The quantitative estimate of drug-likeness (QED) is 0.349. The maximum atomic E-state index is 12.9. The molecule has 5 rings (SSSR count). The van der Waals surface area contributed by atoms with Crippen LogP contribution in [0, 0.1) is 0 Å². The largest absolute Gasteiger partial charge is 0.454 e. The minimum Gasteiger partial charge on any atom is -0.454 e. The lowest BCUT2D eigenvalue weighted by atomic mass is 10.1. The first-order valence-electron chi connectivity index (χ1n) is 9.25. The number of hydrogen-bond acceptors (Lipinski definition) is 5. The van der Waals surface area contributed by atoms with Gasteiger partial charge in [-0.1, -0.05) is 65.7 Å². The molecule has 1 heterocycles. The zero-order chi connectivity index (χ0) is 22.7. The van der Waals surface area contributed by atoms with Crippen molar-refractivity contribution in [2.24, 2.45) is 0 Å². The smallest absolute Gasteiger partial charge is 0.279 e. The Bertz CT molecular complexity index is 1570. The van der Waals surface area contributed by atoms with Crippen molar-refractivity contribution in [3.8, 4) is 11.5 Å². The lowest BCUT2D eigenvalue weighted by Crippen LogP contribution is -2.30. The standard InChI is InChI=1S/C22H13Cl2NO5S2/c23-17-13-15(25-31(26,27)20-7-3-4-8-21(20)32(25,28)29)10-12-18(17)30-19-11-9-14-5-1-2-6-16(14)22(19)24/h1-13H. The fourth-order valence-corrected chi connectivity index (χ4v) is 8.48. The van der Waals surface area contributed by atoms with Crippen molar-refractivity contribution in [1.29, 1.82) is 0 Å². The molecular formula is C22H13Cl2NO5S2. The van der Waals surface area contributed by atoms with Gasteiger partial charge in [-0.05, 0) is 41.8 Å². The van der Waals surface area contributed by atoms with Crippen LogP contribution in [-0.2, 0) is 20.0 Å². The van der Waals surface area contributed by atoms with E-state index in [1.54, 1.807) is 6.07 Å². The normalized spacial score (nSPS) is 16.1. The first-order chi connectivity index (χ1) is 15.2. The van der Waals surface area contributed by atoms with Gasteiger partial charge in [0.25, 0.3) is 20.0 Å². The van der Waals surface area contributed by atoms with Gasteiger partial charge in [0.15, 0.2) is 0 Å². The number of fused-ring (bicyclic) bond motifs is 2. The molecule has 6 nitrogen and oxygen atoms in total. The summed E-state index contributed by atoms with van der Waals surface area (Å²) in [6.45, 7) is 0. The van der Waals surface area contributed by atoms with Crippen LogP contribution in [0.4, 0.5) is 5.69 Å². The minimum absolute atomic E-state index is 0.0214. The molecule has 0 aliphatic carbocycles. The Kier molecular flexibility index (Phi) is 4.86. The van der Waals surface area contributed by atoms with Crippen molar-refractivity contribution in [2.45, 2.75) is 9.79 Å². The molecule has 32 heavy (non-hydrogen) atoms. The second-order valence-electron chi connectivity index (χ2n) is 6.97. The van der Waals surface area contributed by atoms with Crippen LogP contribution in [0.1, 0.15) is 0 Å². The summed E-state index contributed by atoms with van der Waals surface area (Å²) in [5, 5.41) is 2.15. The van der Waals surface area contributed by atoms with Crippen molar-refractivity contribution < 1.29 is 21.6 Å². The zero-order valence-corrected chi connectivity index (χ0v) is 19.2. The maximum absolute atomic E-state index is 12.9. The monoisotopic (exact) mass is 505 g/mol. The van der Waals surface area contributed by atoms with Crippen LogP contribution in [0.2, 0.25) is 10.0 Å². The third-order valence-electron chi connectivity index (χ3n) is 5.02. The Morgan fingerprint density at radius 2 is 1.28 bits per heavy atom. The van der Waals surface area contributed by atoms with Gasteiger partial charge in [0, 0.05) is 5.39 Å². The number of hydrogen-bond donors (Lipinski definition) is 0. The van der Waals surface area contributed by atoms with Gasteiger partial charge in [-0.25, -0.2) is 0 Å². The maximum Gasteiger partial charge on any atom is 0.279 e. The van der Waals surface area contributed by atoms with E-state index < -0.39 is 20.0 Å². The highest BCUT2D eigenvalue weighted by molar-refractivity contribution is 8.12. The first-order valence-corrected chi connectivity index (χ1v) is 12.9. The summed E-state index contributed by atoms with van der Waals surface area (Å²) in [5.41, 5.74) is -0.122. The van der Waals surface area contributed by atoms with Crippen molar-refractivity contribution in [1.82, 2.24) is 0 Å². The topological polar surface area (TPSA) is 80.8 Å². The van der Waals surface area contributed by atoms with Gasteiger partial charge in [0.2, 0.25) is 0 Å². The predicted molar refractivity (Wildman–Crippen MR) is 124 cm³/mol. The van der Waals surface area contributed by atoms with Crippen molar-refractivity contribution in [3.05, 3.63) is 88.9 Å². The summed E-state index contributed by atoms with van der Waals surface area (Å²) in [7, 11) is -8.60. The Hall–Kier alpha value is -2.78. The van der Waals surface area contributed by atoms with Crippen molar-refractivity contribution >= 4 is 59.7 Å². The molecule has 0 N–H and O–H groups in total. The number of nitrogens with zero attached hydrogens (tertiary/aromatic N) is 1. The molecule has 0 saturated heterocycles. The van der Waals surface area contributed by atoms with E-state index in [-0.39, 0.29) is 26.3 Å². The summed E-state index contributed by atoms with van der Waals surface area (Å²) in [6.07, 6.45) is 0. The third-order valence-corrected chi connectivity index (χ3v) is 10.1. The molecule has 0 radical (unpaired) electrons. The summed E-state index contributed by atoms with van der Waals surface area (Å²) >= 11 is 12.8. The first kappa shape index (κ1) is 21.1. The number of ether oxygens (including phenoxy) is 1. The molecule has 0 atom stereocenters. The van der Waals surface area contributed by atoms with Gasteiger partial charge in [-0.3, -0.25) is 0 Å². The van der Waals surface area contributed by atoms with E-state index in [2.05, 4.69) is 0 Å². The Labute approximate surface area is 194 Å². The lowest BCUT2D eigenvalue weighted by Gasteiger charge is -2.17. The molecule has 0 aromatic heterocycles. The molecule has 162 valence electrons. The van der Waals surface area contributed by atoms with E-state index >= 15 is 0 Å². The second-order valence-corrected chi connectivity index (χ2v) is 11.5. The molecule has 0 amide bonds. The van der Waals surface area contributed by atoms with Crippen LogP contribution < -0.4 is 8.45 Å². The Morgan fingerprint density at radius 1 is 0.688 bits per heavy atom. The molecule has 0 saturated carbocycles. The number of anilines is 1. The average Bonchev–Trinajstić information content (AvgIpc) is 2.93. The molecule has 0 fully saturated rings. The molecule has 4 aromatic carbocycles. The Balaban J connectivity index is 1.54. The number of halogens is 2. The highest BCUT2D eigenvalue weighted by Gasteiger charge is 2.47. The van der Waals surface area contributed by atoms with E-state index in [0.29, 0.717) is 14.5 Å². The van der Waals surface area contributed by atoms with E-state index in [1.807, 2.05) is 30.3 Å². The van der Waals surface area contributed by atoms with Crippen LogP contribution in [0.15, 0.2) is 88.7 Å². The molecule has 10 heteroatoms. The number of rotatable bonds is 3. The average molecular weight is 506 g/mol. The van der Waals surface area contributed by atoms with E-state index in [4.69, 9.17) is 27.9 Å². The summed E-state index contributed by atoms with van der Waals surface area (Å²) in [5.74, 6) is 0.549. The molecule has 0 bridgehead atoms. The number of sulfonamides is 2. The highest BCUT2D eigenvalue weighted by Crippen LogP contribution is 2.43. The molecule has 4 aromatic rings. The van der Waals surface area contributed by atoms with E-state index in [1.165, 1.54) is 42.5 Å². The van der Waals surface area contributed by atoms with Crippen LogP contribution >= 0.6 is 23.2 Å². The predicted octanol–water partition coefficient (Wildman–Crippen LogP) is 5.84. The molecular weight excluding hydrogens is 493 g/mol. The second kappa shape index (κ2) is 7.38. The molecule has 0 unspecified atom stereocenters. The molecule has 1 aliphatic rings. The van der Waals surface area contributed by atoms with Gasteiger partial charge in [-0.15, -0.1) is 0 Å². The van der Waals surface area contributed by atoms with Gasteiger partial charge < -0.3 is 4.74 Å². The minimum atomic E-state index is -4.30. The van der Waals surface area contributed by atoms with Crippen LogP contribution in [0.5, 0.6) is 11.5 Å². The van der Waals surface area contributed by atoms with Gasteiger partial charge in [0.05, 0.1) is 15.7 Å². The molecule has 1 aliphatic heterocycles. The zero-order valence-electron chi connectivity index (χ0n) is 16.1. The molecule has 0 spiro atoms. The van der Waals surface area contributed by atoms with Gasteiger partial charge in [0.1, 0.15) is 21.3 Å². The fraction of sp³-hybridized carbons (Fsp3) is 0. The fourth-order valence-electron chi connectivity index (χ4n) is 3.56. The summed E-state index contributed by atoms with van der Waals surface area (Å²) < 4.78 is 57.9. The highest BCUT2D eigenvalue weighted by atomic mass is 35.5. The van der Waals surface area contributed by atoms with Crippen LogP contribution in [0.3, 0.4) is 0 Å². The van der Waals surface area contributed by atoms with Crippen molar-refractivity contribution in [2.75, 3.05) is 3.71 Å². The third kappa shape index (κ3) is 3.14. The van der Waals surface area contributed by atoms with Gasteiger partial charge in [-0.2, -0.15) is 20.5 Å².